The Morgan fingerprint density at radius 3 is 2.82 bits per heavy atom. The van der Waals surface area contributed by atoms with Crippen molar-refractivity contribution in [3.8, 4) is 11.5 Å². The van der Waals surface area contributed by atoms with Crippen LogP contribution in [-0.2, 0) is 4.79 Å². The minimum Gasteiger partial charge on any atom is -0.454 e. The fourth-order valence-corrected chi connectivity index (χ4v) is 1.95. The number of fused-ring (bicyclic) bond motifs is 1. The molecular formula is C16H15N3O3. The van der Waals surface area contributed by atoms with Crippen molar-refractivity contribution in [1.29, 1.82) is 0 Å². The fraction of sp³-hybridized carbons (Fsp3) is 0.125. The van der Waals surface area contributed by atoms with E-state index < -0.39 is 0 Å². The molecule has 6 nitrogen and oxygen atoms in total. The van der Waals surface area contributed by atoms with E-state index in [2.05, 4.69) is 15.8 Å². The Bertz CT molecular complexity index is 686. The zero-order valence-electron chi connectivity index (χ0n) is 11.8. The maximum Gasteiger partial charge on any atom is 0.259 e. The van der Waals surface area contributed by atoms with Gasteiger partial charge in [-0.25, -0.2) is 5.43 Å². The maximum absolute atomic E-state index is 11.7. The number of nitrogens with zero attached hydrogens (tertiary/aromatic N) is 1. The monoisotopic (exact) mass is 297 g/mol. The molecule has 1 heterocycles. The lowest BCUT2D eigenvalue weighted by molar-refractivity contribution is -0.119. The van der Waals surface area contributed by atoms with E-state index in [1.165, 1.54) is 0 Å². The third-order valence-corrected chi connectivity index (χ3v) is 3.03. The van der Waals surface area contributed by atoms with E-state index in [1.54, 1.807) is 12.3 Å². The Labute approximate surface area is 127 Å². The second-order valence-electron chi connectivity index (χ2n) is 4.63. The predicted molar refractivity (Wildman–Crippen MR) is 83.2 cm³/mol. The minimum atomic E-state index is -0.221. The molecule has 22 heavy (non-hydrogen) atoms. The molecule has 2 aromatic rings. The molecule has 0 fully saturated rings. The van der Waals surface area contributed by atoms with Crippen molar-refractivity contribution in [3.63, 3.8) is 0 Å². The highest BCUT2D eigenvalue weighted by Gasteiger charge is 2.12. The van der Waals surface area contributed by atoms with Crippen LogP contribution in [-0.4, -0.2) is 25.5 Å². The molecule has 0 aromatic heterocycles. The SMILES string of the molecule is O=C(CNc1ccccc1)N/N=C/c1ccc2c(c1)OCO2. The van der Waals surface area contributed by atoms with Gasteiger partial charge in [0.15, 0.2) is 11.5 Å². The highest BCUT2D eigenvalue weighted by atomic mass is 16.7. The largest absolute Gasteiger partial charge is 0.454 e. The molecule has 1 amide bonds. The van der Waals surface area contributed by atoms with Crippen molar-refractivity contribution in [1.82, 2.24) is 5.43 Å². The van der Waals surface area contributed by atoms with Crippen LogP contribution in [0.25, 0.3) is 0 Å². The molecule has 0 unspecified atom stereocenters. The smallest absolute Gasteiger partial charge is 0.259 e. The summed E-state index contributed by atoms with van der Waals surface area (Å²) < 4.78 is 10.5. The average Bonchev–Trinajstić information content (AvgIpc) is 3.02. The number of benzene rings is 2. The van der Waals surface area contributed by atoms with Gasteiger partial charge in [0.25, 0.3) is 5.91 Å². The fourth-order valence-electron chi connectivity index (χ4n) is 1.95. The van der Waals surface area contributed by atoms with Crippen LogP contribution in [0.1, 0.15) is 5.56 Å². The van der Waals surface area contributed by atoms with Crippen molar-refractivity contribution < 1.29 is 14.3 Å². The van der Waals surface area contributed by atoms with Gasteiger partial charge in [0.1, 0.15) is 0 Å². The Balaban J connectivity index is 1.48. The molecule has 0 radical (unpaired) electrons. The summed E-state index contributed by atoms with van der Waals surface area (Å²) in [6.07, 6.45) is 1.56. The first-order valence-electron chi connectivity index (χ1n) is 6.82. The lowest BCUT2D eigenvalue weighted by Gasteiger charge is -2.04. The number of para-hydroxylation sites is 1. The highest BCUT2D eigenvalue weighted by molar-refractivity contribution is 5.84. The number of hydrazone groups is 1. The topological polar surface area (TPSA) is 72.0 Å². The molecule has 112 valence electrons. The van der Waals surface area contributed by atoms with Gasteiger partial charge in [0.05, 0.1) is 12.8 Å². The first kappa shape index (κ1) is 13.9. The Morgan fingerprint density at radius 1 is 1.14 bits per heavy atom. The number of carbonyl (C=O) groups is 1. The molecule has 0 aliphatic carbocycles. The third kappa shape index (κ3) is 3.54. The molecule has 0 saturated carbocycles. The third-order valence-electron chi connectivity index (χ3n) is 3.03. The molecule has 6 heteroatoms. The lowest BCUT2D eigenvalue weighted by atomic mass is 10.2. The second-order valence-corrected chi connectivity index (χ2v) is 4.63. The highest BCUT2D eigenvalue weighted by Crippen LogP contribution is 2.31. The summed E-state index contributed by atoms with van der Waals surface area (Å²) in [5.74, 6) is 1.18. The van der Waals surface area contributed by atoms with Crippen LogP contribution in [0, 0.1) is 0 Å². The van der Waals surface area contributed by atoms with Crippen LogP contribution >= 0.6 is 0 Å². The van der Waals surface area contributed by atoms with E-state index in [-0.39, 0.29) is 19.2 Å². The molecule has 0 saturated heterocycles. The standard InChI is InChI=1S/C16H15N3O3/c20-16(10-17-13-4-2-1-3-5-13)19-18-9-12-6-7-14-15(8-12)22-11-21-14/h1-9,17H,10-11H2,(H,19,20)/b18-9+. The van der Waals surface area contributed by atoms with Gasteiger partial charge >= 0.3 is 0 Å². The quantitative estimate of drug-likeness (QED) is 0.654. The number of ether oxygens (including phenoxy) is 2. The van der Waals surface area contributed by atoms with Crippen molar-refractivity contribution in [2.75, 3.05) is 18.7 Å². The minimum absolute atomic E-state index is 0.155. The van der Waals surface area contributed by atoms with Crippen LogP contribution in [0.3, 0.4) is 0 Å². The van der Waals surface area contributed by atoms with Gasteiger partial charge < -0.3 is 14.8 Å². The zero-order valence-corrected chi connectivity index (χ0v) is 11.8. The predicted octanol–water partition coefficient (Wildman–Crippen LogP) is 1.98. The van der Waals surface area contributed by atoms with Crippen LogP contribution < -0.4 is 20.2 Å². The summed E-state index contributed by atoms with van der Waals surface area (Å²) in [6.45, 7) is 0.389. The molecule has 1 aliphatic rings. The summed E-state index contributed by atoms with van der Waals surface area (Å²) in [5.41, 5.74) is 4.17. The lowest BCUT2D eigenvalue weighted by Crippen LogP contribution is -2.25. The molecule has 0 atom stereocenters. The zero-order chi connectivity index (χ0) is 15.2. The van der Waals surface area contributed by atoms with E-state index in [4.69, 9.17) is 9.47 Å². The maximum atomic E-state index is 11.7. The van der Waals surface area contributed by atoms with E-state index in [9.17, 15) is 4.79 Å². The van der Waals surface area contributed by atoms with Crippen LogP contribution in [0.15, 0.2) is 53.6 Å². The van der Waals surface area contributed by atoms with E-state index in [0.29, 0.717) is 11.5 Å². The Morgan fingerprint density at radius 2 is 1.95 bits per heavy atom. The van der Waals surface area contributed by atoms with Crippen LogP contribution in [0.2, 0.25) is 0 Å². The molecule has 2 aromatic carbocycles. The van der Waals surface area contributed by atoms with Gasteiger partial charge in [0, 0.05) is 5.69 Å². The summed E-state index contributed by atoms with van der Waals surface area (Å²) in [7, 11) is 0. The number of nitrogens with one attached hydrogen (secondary N) is 2. The van der Waals surface area contributed by atoms with Gasteiger partial charge in [-0.2, -0.15) is 5.10 Å². The van der Waals surface area contributed by atoms with Crippen LogP contribution in [0.5, 0.6) is 11.5 Å². The first-order chi connectivity index (χ1) is 10.8. The van der Waals surface area contributed by atoms with Gasteiger partial charge in [-0.1, -0.05) is 18.2 Å². The number of amides is 1. The number of rotatable bonds is 5. The number of hydrogen-bond donors (Lipinski definition) is 2. The molecular weight excluding hydrogens is 282 g/mol. The second kappa shape index (κ2) is 6.62. The average molecular weight is 297 g/mol. The van der Waals surface area contributed by atoms with Crippen molar-refractivity contribution in [3.05, 3.63) is 54.1 Å². The molecule has 3 rings (SSSR count). The van der Waals surface area contributed by atoms with E-state index >= 15 is 0 Å². The first-order valence-corrected chi connectivity index (χ1v) is 6.82. The summed E-state index contributed by atoms with van der Waals surface area (Å²) in [5, 5.41) is 6.92. The summed E-state index contributed by atoms with van der Waals surface area (Å²) in [4.78, 5) is 11.7. The molecule has 0 spiro atoms. The van der Waals surface area contributed by atoms with Crippen LogP contribution in [0.4, 0.5) is 5.69 Å². The van der Waals surface area contributed by atoms with Crippen molar-refractivity contribution in [2.24, 2.45) is 5.10 Å². The molecule has 1 aliphatic heterocycles. The Hall–Kier alpha value is -3.02. The molecule has 0 bridgehead atoms. The number of hydrogen-bond acceptors (Lipinski definition) is 5. The number of carbonyl (C=O) groups excluding carboxylic acids is 1. The molecule has 2 N–H and O–H groups in total. The van der Waals surface area contributed by atoms with E-state index in [0.717, 1.165) is 11.3 Å². The van der Waals surface area contributed by atoms with Crippen molar-refractivity contribution >= 4 is 17.8 Å². The summed E-state index contributed by atoms with van der Waals surface area (Å²) in [6, 6.07) is 15.0. The summed E-state index contributed by atoms with van der Waals surface area (Å²) >= 11 is 0. The normalized spacial score (nSPS) is 12.4. The van der Waals surface area contributed by atoms with E-state index in [1.807, 2.05) is 42.5 Å². The van der Waals surface area contributed by atoms with Gasteiger partial charge in [0.2, 0.25) is 6.79 Å². The van der Waals surface area contributed by atoms with Gasteiger partial charge in [-0.3, -0.25) is 4.79 Å². The Kier molecular flexibility index (Phi) is 4.20. The van der Waals surface area contributed by atoms with Gasteiger partial charge in [-0.15, -0.1) is 0 Å². The number of anilines is 1. The van der Waals surface area contributed by atoms with Crippen molar-refractivity contribution in [2.45, 2.75) is 0 Å². The van der Waals surface area contributed by atoms with Gasteiger partial charge in [-0.05, 0) is 35.9 Å².